The number of unbranched alkanes of at least 4 members (excludes halogenated alkanes) is 5. The predicted molar refractivity (Wildman–Crippen MR) is 85.8 cm³/mol. The number of aliphatic hydroxyl groups is 2. The van der Waals surface area contributed by atoms with Crippen molar-refractivity contribution >= 4 is 11.8 Å². The van der Waals surface area contributed by atoms with Gasteiger partial charge in [0.2, 0.25) is 11.8 Å². The lowest BCUT2D eigenvalue weighted by Crippen LogP contribution is -2.17. The van der Waals surface area contributed by atoms with Crippen LogP contribution < -0.4 is 11.5 Å². The number of carbonyl (C=O) groups is 2. The maximum Gasteiger partial charge on any atom is 0.244 e. The molecule has 0 radical (unpaired) electrons. The molecule has 128 valence electrons. The molecule has 0 aromatic heterocycles. The van der Waals surface area contributed by atoms with Crippen molar-refractivity contribution in [3.05, 3.63) is 11.1 Å². The summed E-state index contributed by atoms with van der Waals surface area (Å²) in [6.07, 6.45) is 7.76. The minimum atomic E-state index is -0.510. The summed E-state index contributed by atoms with van der Waals surface area (Å²) in [5, 5.41) is 18.1. The van der Waals surface area contributed by atoms with Crippen LogP contribution in [0.15, 0.2) is 11.1 Å². The maximum absolute atomic E-state index is 11.4. The second-order valence-electron chi connectivity index (χ2n) is 5.48. The molecule has 0 rings (SSSR count). The first kappa shape index (κ1) is 20.6. The predicted octanol–water partition coefficient (Wildman–Crippen LogP) is 1.14. The van der Waals surface area contributed by atoms with E-state index in [1.165, 1.54) is 0 Å². The highest BCUT2D eigenvalue weighted by atomic mass is 16.3. The minimum absolute atomic E-state index is 0.0232. The molecule has 0 spiro atoms. The minimum Gasteiger partial charge on any atom is -0.396 e. The molecular formula is C16H30N2O4. The van der Waals surface area contributed by atoms with E-state index in [4.69, 9.17) is 21.7 Å². The van der Waals surface area contributed by atoms with Crippen molar-refractivity contribution in [2.24, 2.45) is 11.5 Å². The van der Waals surface area contributed by atoms with Gasteiger partial charge in [0.25, 0.3) is 0 Å². The molecule has 6 nitrogen and oxygen atoms in total. The van der Waals surface area contributed by atoms with Crippen molar-refractivity contribution in [1.82, 2.24) is 0 Å². The number of hydrogen-bond donors (Lipinski definition) is 4. The molecule has 0 heterocycles. The first-order valence-electron chi connectivity index (χ1n) is 8.03. The summed E-state index contributed by atoms with van der Waals surface area (Å²) in [6, 6.07) is 0. The molecular weight excluding hydrogens is 284 g/mol. The number of primary amides is 2. The first-order chi connectivity index (χ1) is 10.5. The number of amides is 2. The van der Waals surface area contributed by atoms with E-state index in [9.17, 15) is 9.59 Å². The third kappa shape index (κ3) is 10.3. The van der Waals surface area contributed by atoms with Crippen molar-refractivity contribution in [1.29, 1.82) is 0 Å². The van der Waals surface area contributed by atoms with Crippen LogP contribution in [0.5, 0.6) is 0 Å². The maximum atomic E-state index is 11.4. The van der Waals surface area contributed by atoms with Crippen LogP contribution >= 0.6 is 0 Å². The van der Waals surface area contributed by atoms with Gasteiger partial charge in [0.15, 0.2) is 0 Å². The van der Waals surface area contributed by atoms with Gasteiger partial charge in [-0.15, -0.1) is 0 Å². The van der Waals surface area contributed by atoms with Gasteiger partial charge in [-0.25, -0.2) is 0 Å². The molecule has 0 fully saturated rings. The van der Waals surface area contributed by atoms with Gasteiger partial charge in [-0.1, -0.05) is 31.3 Å². The summed E-state index contributed by atoms with van der Waals surface area (Å²) in [5.41, 5.74) is 11.7. The Labute approximate surface area is 132 Å². The quantitative estimate of drug-likeness (QED) is 0.283. The second kappa shape index (κ2) is 13.3. The first-order valence-corrected chi connectivity index (χ1v) is 8.03. The lowest BCUT2D eigenvalue weighted by atomic mass is 9.96. The van der Waals surface area contributed by atoms with Crippen LogP contribution in [0.25, 0.3) is 0 Å². The highest BCUT2D eigenvalue weighted by Gasteiger charge is 2.11. The number of carbonyl (C=O) groups excluding carboxylic acids is 2. The van der Waals surface area contributed by atoms with Gasteiger partial charge in [0.1, 0.15) is 0 Å². The monoisotopic (exact) mass is 314 g/mol. The zero-order valence-corrected chi connectivity index (χ0v) is 13.4. The number of aliphatic hydroxyl groups excluding tert-OH is 2. The summed E-state index contributed by atoms with van der Waals surface area (Å²) < 4.78 is 0. The third-order valence-corrected chi connectivity index (χ3v) is 3.65. The van der Waals surface area contributed by atoms with Crippen LogP contribution in [0.4, 0.5) is 0 Å². The Morgan fingerprint density at radius 1 is 0.682 bits per heavy atom. The molecule has 0 atom stereocenters. The Balaban J connectivity index is 4.07. The Morgan fingerprint density at radius 3 is 1.64 bits per heavy atom. The lowest BCUT2D eigenvalue weighted by molar-refractivity contribution is -0.118. The van der Waals surface area contributed by atoms with Gasteiger partial charge in [-0.2, -0.15) is 0 Å². The van der Waals surface area contributed by atoms with Crippen molar-refractivity contribution in [2.75, 3.05) is 13.2 Å². The van der Waals surface area contributed by atoms with Crippen LogP contribution in [-0.4, -0.2) is 35.2 Å². The molecule has 22 heavy (non-hydrogen) atoms. The van der Waals surface area contributed by atoms with Crippen LogP contribution in [0.3, 0.4) is 0 Å². The number of nitrogens with two attached hydrogens (primary N) is 2. The lowest BCUT2D eigenvalue weighted by Gasteiger charge is -2.12. The van der Waals surface area contributed by atoms with Gasteiger partial charge in [0, 0.05) is 31.6 Å². The smallest absolute Gasteiger partial charge is 0.244 e. The van der Waals surface area contributed by atoms with Crippen LogP contribution in [0.2, 0.25) is 0 Å². The van der Waals surface area contributed by atoms with Gasteiger partial charge >= 0.3 is 0 Å². The van der Waals surface area contributed by atoms with Gasteiger partial charge in [-0.3, -0.25) is 9.59 Å². The SMILES string of the molecule is NC(=O)CCCCCCCC/C(CCO)=C(\CCO)C(N)=O. The van der Waals surface area contributed by atoms with E-state index in [2.05, 4.69) is 0 Å². The molecule has 0 saturated heterocycles. The molecule has 2 amide bonds. The summed E-state index contributed by atoms with van der Waals surface area (Å²) in [5.74, 6) is -0.759. The van der Waals surface area contributed by atoms with Gasteiger partial charge in [-0.05, 0) is 25.7 Å². The van der Waals surface area contributed by atoms with E-state index in [-0.39, 0.29) is 25.5 Å². The highest BCUT2D eigenvalue weighted by Crippen LogP contribution is 2.20. The van der Waals surface area contributed by atoms with Crippen LogP contribution in [-0.2, 0) is 9.59 Å². The number of hydrogen-bond acceptors (Lipinski definition) is 4. The van der Waals surface area contributed by atoms with E-state index in [0.29, 0.717) is 18.4 Å². The standard InChI is InChI=1S/C16H30N2O4/c17-15(21)8-6-4-2-1-3-5-7-13(9-11-19)14(10-12-20)16(18)22/h19-20H,1-12H2,(H2,17,21)(H2,18,22)/b14-13-. The Kier molecular flexibility index (Phi) is 12.4. The molecule has 0 aliphatic carbocycles. The third-order valence-electron chi connectivity index (χ3n) is 3.65. The largest absolute Gasteiger partial charge is 0.396 e. The van der Waals surface area contributed by atoms with Crippen molar-refractivity contribution in [3.8, 4) is 0 Å². The van der Waals surface area contributed by atoms with E-state index in [1.807, 2.05) is 0 Å². The fourth-order valence-corrected chi connectivity index (χ4v) is 2.49. The summed E-state index contributed by atoms with van der Waals surface area (Å²) in [6.45, 7) is -0.141. The molecule has 0 unspecified atom stereocenters. The van der Waals surface area contributed by atoms with Crippen LogP contribution in [0, 0.1) is 0 Å². The highest BCUT2D eigenvalue weighted by molar-refractivity contribution is 5.92. The Morgan fingerprint density at radius 2 is 1.18 bits per heavy atom. The molecule has 0 aromatic carbocycles. The summed E-state index contributed by atoms with van der Waals surface area (Å²) in [7, 11) is 0. The average Bonchev–Trinajstić information content (AvgIpc) is 2.46. The fraction of sp³-hybridized carbons (Fsp3) is 0.750. The Hall–Kier alpha value is -1.40. The van der Waals surface area contributed by atoms with E-state index in [1.54, 1.807) is 0 Å². The van der Waals surface area contributed by atoms with E-state index >= 15 is 0 Å². The summed E-state index contributed by atoms with van der Waals surface area (Å²) in [4.78, 5) is 22.0. The molecule has 0 aliphatic heterocycles. The molecule has 0 saturated carbocycles. The van der Waals surface area contributed by atoms with E-state index < -0.39 is 5.91 Å². The second-order valence-corrected chi connectivity index (χ2v) is 5.48. The van der Waals surface area contributed by atoms with Crippen molar-refractivity contribution in [3.63, 3.8) is 0 Å². The topological polar surface area (TPSA) is 127 Å². The molecule has 6 N–H and O–H groups in total. The number of rotatable bonds is 14. The van der Waals surface area contributed by atoms with Crippen LogP contribution in [0.1, 0.15) is 64.2 Å². The van der Waals surface area contributed by atoms with Crippen molar-refractivity contribution in [2.45, 2.75) is 64.2 Å². The van der Waals surface area contributed by atoms with Gasteiger partial charge < -0.3 is 21.7 Å². The fourth-order valence-electron chi connectivity index (χ4n) is 2.49. The summed E-state index contributed by atoms with van der Waals surface area (Å²) >= 11 is 0. The molecule has 6 heteroatoms. The normalized spacial score (nSPS) is 12.1. The van der Waals surface area contributed by atoms with Gasteiger partial charge in [0.05, 0.1) is 0 Å². The average molecular weight is 314 g/mol. The van der Waals surface area contributed by atoms with Crippen molar-refractivity contribution < 1.29 is 19.8 Å². The Bertz CT molecular complexity index is 367. The molecule has 0 aliphatic rings. The molecule has 0 aromatic rings. The van der Waals surface area contributed by atoms with E-state index in [0.717, 1.165) is 50.5 Å². The zero-order chi connectivity index (χ0) is 16.8. The zero-order valence-electron chi connectivity index (χ0n) is 13.4. The molecule has 0 bridgehead atoms.